The van der Waals surface area contributed by atoms with E-state index in [1.54, 1.807) is 28.0 Å². The van der Waals surface area contributed by atoms with Crippen LogP contribution in [0.15, 0.2) is 18.2 Å². The third-order valence-corrected chi connectivity index (χ3v) is 7.02. The number of hydrogen-bond acceptors (Lipinski definition) is 3. The van der Waals surface area contributed by atoms with E-state index in [0.29, 0.717) is 37.2 Å². The van der Waals surface area contributed by atoms with Crippen LogP contribution in [-0.2, 0) is 16.4 Å². The topological polar surface area (TPSA) is 69.7 Å². The summed E-state index contributed by atoms with van der Waals surface area (Å²) in [5.74, 6) is 5.75. The number of amides is 2. The van der Waals surface area contributed by atoms with Crippen molar-refractivity contribution in [3.05, 3.63) is 35.1 Å². The summed E-state index contributed by atoms with van der Waals surface area (Å²) < 4.78 is 41.5. The quantitative estimate of drug-likeness (QED) is 0.741. The Morgan fingerprint density at radius 2 is 2.03 bits per heavy atom. The first kappa shape index (κ1) is 21.1. The largest absolute Gasteiger partial charge is 0.325 e. The molecule has 1 aromatic rings. The molecule has 0 unspecified atom stereocenters. The van der Waals surface area contributed by atoms with E-state index in [4.69, 9.17) is 0 Å². The lowest BCUT2D eigenvalue weighted by Crippen LogP contribution is -2.54. The van der Waals surface area contributed by atoms with Crippen molar-refractivity contribution in [2.45, 2.75) is 51.1 Å². The number of benzene rings is 1. The summed E-state index contributed by atoms with van der Waals surface area (Å²) in [6.45, 7) is 3.95. The Bertz CT molecular complexity index is 1010. The second kappa shape index (κ2) is 7.86. The van der Waals surface area contributed by atoms with Crippen molar-refractivity contribution in [2.24, 2.45) is 5.41 Å². The van der Waals surface area contributed by atoms with Gasteiger partial charge in [0, 0.05) is 31.1 Å². The highest BCUT2D eigenvalue weighted by Crippen LogP contribution is 2.44. The van der Waals surface area contributed by atoms with Crippen LogP contribution in [0.2, 0.25) is 0 Å². The zero-order valence-electron chi connectivity index (χ0n) is 17.4. The highest BCUT2D eigenvalue weighted by atomic mass is 32.2. The predicted octanol–water partition coefficient (Wildman–Crippen LogP) is 2.34. The molecule has 0 radical (unpaired) electrons. The minimum Gasteiger partial charge on any atom is -0.325 e. The lowest BCUT2D eigenvalue weighted by Gasteiger charge is -2.37. The van der Waals surface area contributed by atoms with Crippen LogP contribution in [-0.4, -0.2) is 62.2 Å². The molecule has 3 fully saturated rings. The molecule has 4 rings (SSSR count). The molecule has 1 N–H and O–H groups in total. The zero-order chi connectivity index (χ0) is 21.5. The summed E-state index contributed by atoms with van der Waals surface area (Å²) in [5, 5.41) is 0. The van der Waals surface area contributed by atoms with Gasteiger partial charge < -0.3 is 9.80 Å². The monoisotopic (exact) mass is 433 g/mol. The first-order chi connectivity index (χ1) is 14.2. The van der Waals surface area contributed by atoms with Crippen LogP contribution < -0.4 is 4.72 Å². The van der Waals surface area contributed by atoms with Crippen LogP contribution in [0.1, 0.15) is 43.7 Å². The van der Waals surface area contributed by atoms with Gasteiger partial charge in [-0.1, -0.05) is 24.0 Å². The molecule has 3 aliphatic rings. The fourth-order valence-corrected chi connectivity index (χ4v) is 4.86. The van der Waals surface area contributed by atoms with Crippen LogP contribution in [0.5, 0.6) is 0 Å². The van der Waals surface area contributed by atoms with Gasteiger partial charge in [0.25, 0.3) is 0 Å². The van der Waals surface area contributed by atoms with E-state index in [2.05, 4.69) is 23.5 Å². The molecule has 0 bridgehead atoms. The van der Waals surface area contributed by atoms with E-state index in [1.807, 2.05) is 0 Å². The summed E-state index contributed by atoms with van der Waals surface area (Å²) in [4.78, 5) is 16.3. The maximum Gasteiger partial charge on any atom is 0.320 e. The summed E-state index contributed by atoms with van der Waals surface area (Å²) in [6.07, 6.45) is 4.91. The number of carbonyl (C=O) groups excluding carboxylic acids is 1. The second-order valence-electron chi connectivity index (χ2n) is 8.96. The van der Waals surface area contributed by atoms with Crippen LogP contribution in [0, 0.1) is 23.1 Å². The number of rotatable bonds is 4. The molecule has 2 aliphatic heterocycles. The number of nitrogens with one attached hydrogen (secondary N) is 1. The van der Waals surface area contributed by atoms with Crippen molar-refractivity contribution < 1.29 is 17.6 Å². The number of likely N-dealkylation sites (tertiary alicyclic amines) is 2. The van der Waals surface area contributed by atoms with Gasteiger partial charge in [0.15, 0.2) is 0 Å². The molecule has 30 heavy (non-hydrogen) atoms. The van der Waals surface area contributed by atoms with E-state index in [0.717, 1.165) is 25.5 Å². The van der Waals surface area contributed by atoms with Gasteiger partial charge in [0.2, 0.25) is 10.0 Å². The van der Waals surface area contributed by atoms with Crippen molar-refractivity contribution in [2.75, 3.05) is 25.9 Å². The number of hydrogen-bond donors (Lipinski definition) is 1. The molecule has 2 atom stereocenters. The lowest BCUT2D eigenvalue weighted by atomic mass is 9.98. The van der Waals surface area contributed by atoms with Crippen LogP contribution in [0.4, 0.5) is 9.18 Å². The molecule has 8 heteroatoms. The van der Waals surface area contributed by atoms with Crippen LogP contribution >= 0.6 is 0 Å². The summed E-state index contributed by atoms with van der Waals surface area (Å²) in [5.41, 5.74) is 0.807. The average molecular weight is 434 g/mol. The van der Waals surface area contributed by atoms with E-state index >= 15 is 4.39 Å². The Kier molecular flexibility index (Phi) is 5.54. The first-order valence-corrected chi connectivity index (χ1v) is 12.4. The maximum atomic E-state index is 15.2. The number of carbonyl (C=O) groups is 1. The summed E-state index contributed by atoms with van der Waals surface area (Å²) in [7, 11) is -3.45. The predicted molar refractivity (Wildman–Crippen MR) is 113 cm³/mol. The lowest BCUT2D eigenvalue weighted by molar-refractivity contribution is 0.120. The Hall–Kier alpha value is -2.11. The van der Waals surface area contributed by atoms with Gasteiger partial charge in [-0.3, -0.25) is 0 Å². The molecular weight excluding hydrogens is 405 g/mol. The van der Waals surface area contributed by atoms with Gasteiger partial charge in [0.05, 0.1) is 17.9 Å². The molecule has 2 amide bonds. The smallest absolute Gasteiger partial charge is 0.320 e. The Morgan fingerprint density at radius 1 is 1.30 bits per heavy atom. The van der Waals surface area contributed by atoms with Crippen LogP contribution in [0.3, 0.4) is 0 Å². The summed E-state index contributed by atoms with van der Waals surface area (Å²) >= 11 is 0. The van der Waals surface area contributed by atoms with Gasteiger partial charge in [-0.05, 0) is 50.7 Å². The minimum atomic E-state index is -3.45. The van der Waals surface area contributed by atoms with Crippen molar-refractivity contribution in [1.82, 2.24) is 14.5 Å². The highest BCUT2D eigenvalue weighted by Gasteiger charge is 2.41. The van der Waals surface area contributed by atoms with E-state index in [9.17, 15) is 13.2 Å². The van der Waals surface area contributed by atoms with Gasteiger partial charge in [-0.25, -0.2) is 22.3 Å². The van der Waals surface area contributed by atoms with Crippen molar-refractivity contribution in [3.8, 4) is 11.8 Å². The normalized spacial score (nSPS) is 24.8. The van der Waals surface area contributed by atoms with E-state index < -0.39 is 22.1 Å². The standard InChI is InChI=1S/C22H28FN3O3S/c1-22(10-11-22)9-7-16-5-3-6-17(20(16)23)15-19-18(24-30(2,28)29)8-14-26(19)21(27)25-12-4-13-25/h3,5-6,18-19,24H,4,8,10-15H2,1-2H3/t18-,19-/m0/s1. The van der Waals surface area contributed by atoms with E-state index in [1.165, 1.54) is 0 Å². The molecule has 2 saturated heterocycles. The second-order valence-corrected chi connectivity index (χ2v) is 10.7. The third-order valence-electron chi connectivity index (χ3n) is 6.29. The highest BCUT2D eigenvalue weighted by molar-refractivity contribution is 7.88. The van der Waals surface area contributed by atoms with Crippen molar-refractivity contribution in [3.63, 3.8) is 0 Å². The zero-order valence-corrected chi connectivity index (χ0v) is 18.3. The average Bonchev–Trinajstić information content (AvgIpc) is 3.23. The minimum absolute atomic E-state index is 0.00115. The van der Waals surface area contributed by atoms with Gasteiger partial charge in [-0.15, -0.1) is 0 Å². The van der Waals surface area contributed by atoms with Crippen molar-refractivity contribution in [1.29, 1.82) is 0 Å². The van der Waals surface area contributed by atoms with Gasteiger partial charge in [0.1, 0.15) is 5.82 Å². The Labute approximate surface area is 177 Å². The van der Waals surface area contributed by atoms with Gasteiger partial charge >= 0.3 is 6.03 Å². The van der Waals surface area contributed by atoms with E-state index in [-0.39, 0.29) is 23.7 Å². The number of halogens is 1. The van der Waals surface area contributed by atoms with Crippen LogP contribution in [0.25, 0.3) is 0 Å². The molecular formula is C22H28FN3O3S. The maximum absolute atomic E-state index is 15.2. The summed E-state index contributed by atoms with van der Waals surface area (Å²) in [6, 6.07) is 4.16. The molecule has 6 nitrogen and oxygen atoms in total. The molecule has 1 aromatic carbocycles. The van der Waals surface area contributed by atoms with Gasteiger partial charge in [-0.2, -0.15) is 0 Å². The number of sulfonamides is 1. The molecule has 1 saturated carbocycles. The first-order valence-electron chi connectivity index (χ1n) is 10.5. The SMILES string of the molecule is CC1(C#Cc2cccc(C[C@H]3[C@@H](NS(C)(=O)=O)CCN3C(=O)N3CCC3)c2F)CC1. The molecule has 0 aromatic heterocycles. The molecule has 162 valence electrons. The molecule has 2 heterocycles. The fraction of sp³-hybridized carbons (Fsp3) is 0.591. The number of nitrogens with zero attached hydrogens (tertiary/aromatic N) is 2. The fourth-order valence-electron chi connectivity index (χ4n) is 4.04. The Balaban J connectivity index is 1.59. The Morgan fingerprint density at radius 3 is 2.63 bits per heavy atom. The number of urea groups is 1. The third kappa shape index (κ3) is 4.62. The molecule has 1 aliphatic carbocycles. The van der Waals surface area contributed by atoms with Crippen molar-refractivity contribution >= 4 is 16.1 Å². The molecule has 0 spiro atoms.